The molecule has 6 heteroatoms. The molecule has 0 spiro atoms. The second-order valence-electron chi connectivity index (χ2n) is 13.9. The summed E-state index contributed by atoms with van der Waals surface area (Å²) in [5, 5.41) is 6.42. The van der Waals surface area contributed by atoms with E-state index in [4.69, 9.17) is 0 Å². The highest BCUT2D eigenvalue weighted by atomic mass is 16.2. The number of hydrogen-bond acceptors (Lipinski definition) is 2. The molecule has 2 N–H and O–H groups in total. The van der Waals surface area contributed by atoms with Crippen molar-refractivity contribution in [2.75, 3.05) is 39.3 Å². The summed E-state index contributed by atoms with van der Waals surface area (Å²) in [6, 6.07) is 0.260. The SMILES string of the molecule is CCCCCCCCN(CCCCCCCC)C(=O)NCCCCCCNC(=O)N(CCCCCCCC)CCCCCCCC. The lowest BCUT2D eigenvalue weighted by Gasteiger charge is -2.23. The van der Waals surface area contributed by atoms with Crippen LogP contribution in [0.1, 0.15) is 207 Å². The molecule has 0 saturated carbocycles. The zero-order chi connectivity index (χ0) is 33.8. The maximum absolute atomic E-state index is 13.0. The molecule has 0 aliphatic carbocycles. The van der Waals surface area contributed by atoms with Gasteiger partial charge in [-0.25, -0.2) is 9.59 Å². The van der Waals surface area contributed by atoms with E-state index in [1.807, 2.05) is 0 Å². The van der Waals surface area contributed by atoms with Crippen LogP contribution in [0.25, 0.3) is 0 Å². The molecule has 0 aromatic rings. The van der Waals surface area contributed by atoms with E-state index in [1.54, 1.807) is 0 Å². The van der Waals surface area contributed by atoms with Crippen molar-refractivity contribution < 1.29 is 9.59 Å². The van der Waals surface area contributed by atoms with Crippen LogP contribution in [0.4, 0.5) is 9.59 Å². The lowest BCUT2D eigenvalue weighted by molar-refractivity contribution is 0.193. The van der Waals surface area contributed by atoms with Crippen molar-refractivity contribution in [3.8, 4) is 0 Å². The number of unbranched alkanes of at least 4 members (excludes halogenated alkanes) is 23. The van der Waals surface area contributed by atoms with Gasteiger partial charge in [-0.15, -0.1) is 0 Å². The van der Waals surface area contributed by atoms with Gasteiger partial charge in [0.1, 0.15) is 0 Å². The molecule has 0 aliphatic heterocycles. The Morgan fingerprint density at radius 3 is 0.804 bits per heavy atom. The standard InChI is InChI=1S/C40H82N4O2/c1-5-9-13-17-23-29-35-43(36-30-24-18-14-10-6-2)39(45)41-33-27-21-22-28-34-42-40(46)44(37-31-25-19-15-11-7-3)38-32-26-20-16-12-8-4/h5-38H2,1-4H3,(H,41,45)(H,42,46). The van der Waals surface area contributed by atoms with Crippen LogP contribution in [-0.4, -0.2) is 61.1 Å². The molecule has 0 aromatic heterocycles. The molecule has 0 fully saturated rings. The van der Waals surface area contributed by atoms with E-state index in [0.29, 0.717) is 0 Å². The zero-order valence-electron chi connectivity index (χ0n) is 31.8. The molecule has 0 aromatic carbocycles. The fourth-order valence-electron chi connectivity index (χ4n) is 6.18. The molecule has 0 unspecified atom stereocenters. The van der Waals surface area contributed by atoms with Crippen LogP contribution in [0, 0.1) is 0 Å². The summed E-state index contributed by atoms with van der Waals surface area (Å²) in [4.78, 5) is 30.1. The fraction of sp³-hybridized carbons (Fsp3) is 0.950. The Balaban J connectivity index is 4.30. The summed E-state index contributed by atoms with van der Waals surface area (Å²) < 4.78 is 0. The van der Waals surface area contributed by atoms with E-state index < -0.39 is 0 Å². The minimum atomic E-state index is 0.130. The maximum Gasteiger partial charge on any atom is 0.317 e. The van der Waals surface area contributed by atoms with Crippen molar-refractivity contribution in [2.45, 2.75) is 207 Å². The molecule has 0 saturated heterocycles. The predicted octanol–water partition coefficient (Wildman–Crippen LogP) is 12.0. The Kier molecular flexibility index (Phi) is 35.2. The van der Waals surface area contributed by atoms with Crippen LogP contribution in [0.3, 0.4) is 0 Å². The molecule has 0 aliphatic rings. The third-order valence-corrected chi connectivity index (χ3v) is 9.36. The topological polar surface area (TPSA) is 64.7 Å². The van der Waals surface area contributed by atoms with Crippen LogP contribution >= 0.6 is 0 Å². The van der Waals surface area contributed by atoms with Crippen LogP contribution in [0.5, 0.6) is 0 Å². The second-order valence-corrected chi connectivity index (χ2v) is 13.9. The summed E-state index contributed by atoms with van der Waals surface area (Å²) >= 11 is 0. The van der Waals surface area contributed by atoms with Crippen LogP contribution in [-0.2, 0) is 0 Å². The first-order valence-corrected chi connectivity index (χ1v) is 20.7. The highest BCUT2D eigenvalue weighted by Gasteiger charge is 2.13. The van der Waals surface area contributed by atoms with E-state index in [9.17, 15) is 9.59 Å². The van der Waals surface area contributed by atoms with Gasteiger partial charge in [0.25, 0.3) is 0 Å². The van der Waals surface area contributed by atoms with Gasteiger partial charge in [-0.2, -0.15) is 0 Å². The predicted molar refractivity (Wildman–Crippen MR) is 202 cm³/mol. The Hall–Kier alpha value is -1.46. The summed E-state index contributed by atoms with van der Waals surface area (Å²) in [6.45, 7) is 14.1. The highest BCUT2D eigenvalue weighted by molar-refractivity contribution is 5.74. The van der Waals surface area contributed by atoms with Crippen molar-refractivity contribution in [1.29, 1.82) is 0 Å². The average molecular weight is 651 g/mol. The quantitative estimate of drug-likeness (QED) is 0.0670. The number of rotatable bonds is 35. The molecule has 6 nitrogen and oxygen atoms in total. The molecule has 0 rings (SSSR count). The van der Waals surface area contributed by atoms with Crippen molar-refractivity contribution in [3.63, 3.8) is 0 Å². The van der Waals surface area contributed by atoms with Gasteiger partial charge in [0.15, 0.2) is 0 Å². The van der Waals surface area contributed by atoms with Gasteiger partial charge in [0.2, 0.25) is 0 Å². The molecule has 46 heavy (non-hydrogen) atoms. The first kappa shape index (κ1) is 44.5. The first-order chi connectivity index (χ1) is 22.6. The fourth-order valence-corrected chi connectivity index (χ4v) is 6.18. The number of nitrogens with one attached hydrogen (secondary N) is 2. The summed E-state index contributed by atoms with van der Waals surface area (Å²) in [7, 11) is 0. The van der Waals surface area contributed by atoms with Crippen LogP contribution in [0.15, 0.2) is 0 Å². The third kappa shape index (κ3) is 29.9. The van der Waals surface area contributed by atoms with Gasteiger partial charge in [0, 0.05) is 39.3 Å². The van der Waals surface area contributed by atoms with E-state index >= 15 is 0 Å². The normalized spacial score (nSPS) is 11.1. The lowest BCUT2D eigenvalue weighted by atomic mass is 10.1. The monoisotopic (exact) mass is 651 g/mol. The van der Waals surface area contributed by atoms with E-state index in [2.05, 4.69) is 48.1 Å². The maximum atomic E-state index is 13.0. The van der Waals surface area contributed by atoms with Crippen molar-refractivity contribution >= 4 is 12.1 Å². The van der Waals surface area contributed by atoms with Gasteiger partial charge >= 0.3 is 12.1 Å². The molecule has 274 valence electrons. The van der Waals surface area contributed by atoms with Crippen molar-refractivity contribution in [2.24, 2.45) is 0 Å². The van der Waals surface area contributed by atoms with Crippen molar-refractivity contribution in [1.82, 2.24) is 20.4 Å². The molecule has 4 amide bonds. The minimum absolute atomic E-state index is 0.130. The highest BCUT2D eigenvalue weighted by Crippen LogP contribution is 2.11. The largest absolute Gasteiger partial charge is 0.338 e. The first-order valence-electron chi connectivity index (χ1n) is 20.7. The Morgan fingerprint density at radius 1 is 0.326 bits per heavy atom. The van der Waals surface area contributed by atoms with Crippen LogP contribution in [0.2, 0.25) is 0 Å². The van der Waals surface area contributed by atoms with Gasteiger partial charge < -0.3 is 20.4 Å². The number of carbonyl (C=O) groups excluding carboxylic acids is 2. The zero-order valence-corrected chi connectivity index (χ0v) is 31.8. The molecule has 0 atom stereocenters. The molecule has 0 radical (unpaired) electrons. The van der Waals surface area contributed by atoms with Gasteiger partial charge in [-0.3, -0.25) is 0 Å². The van der Waals surface area contributed by atoms with Gasteiger partial charge in [0.05, 0.1) is 0 Å². The average Bonchev–Trinajstić information content (AvgIpc) is 3.06. The number of nitrogens with zero attached hydrogens (tertiary/aromatic N) is 2. The summed E-state index contributed by atoms with van der Waals surface area (Å²) in [5.74, 6) is 0. The molecule has 0 heterocycles. The molecular formula is C40H82N4O2. The summed E-state index contributed by atoms with van der Waals surface area (Å²) in [5.41, 5.74) is 0. The van der Waals surface area contributed by atoms with Gasteiger partial charge in [-0.1, -0.05) is 169 Å². The number of carbonyl (C=O) groups is 2. The Morgan fingerprint density at radius 2 is 0.543 bits per heavy atom. The summed E-state index contributed by atoms with van der Waals surface area (Å²) in [6.07, 6.45) is 34.4. The van der Waals surface area contributed by atoms with E-state index in [1.165, 1.54) is 128 Å². The Bertz CT molecular complexity index is 559. The van der Waals surface area contributed by atoms with E-state index in [0.717, 1.165) is 90.6 Å². The van der Waals surface area contributed by atoms with Gasteiger partial charge in [-0.05, 0) is 38.5 Å². The second kappa shape index (κ2) is 36.4. The minimum Gasteiger partial charge on any atom is -0.338 e. The third-order valence-electron chi connectivity index (χ3n) is 9.36. The number of amides is 4. The number of urea groups is 2. The molecule has 0 bridgehead atoms. The lowest BCUT2D eigenvalue weighted by Crippen LogP contribution is -2.41. The van der Waals surface area contributed by atoms with Crippen LogP contribution < -0.4 is 10.6 Å². The number of hydrogen-bond donors (Lipinski definition) is 2. The van der Waals surface area contributed by atoms with Crippen molar-refractivity contribution in [3.05, 3.63) is 0 Å². The smallest absolute Gasteiger partial charge is 0.317 e. The Labute approximate surface area is 288 Å². The molecular weight excluding hydrogens is 568 g/mol. The van der Waals surface area contributed by atoms with E-state index in [-0.39, 0.29) is 12.1 Å².